The largest absolute Gasteiger partial charge is 0.363 e. The minimum atomic E-state index is -0.200. The van der Waals surface area contributed by atoms with E-state index in [9.17, 15) is 9.59 Å². The number of hydrogen-bond donors (Lipinski definition) is 1. The van der Waals surface area contributed by atoms with E-state index in [-0.39, 0.29) is 24.3 Å². The lowest BCUT2D eigenvalue weighted by Crippen LogP contribution is -2.44. The molecule has 0 aliphatic heterocycles. The van der Waals surface area contributed by atoms with Gasteiger partial charge in [-0.05, 0) is 31.6 Å². The average Bonchev–Trinajstić information content (AvgIpc) is 3.15. The topological polar surface area (TPSA) is 75.4 Å². The molecule has 6 nitrogen and oxygen atoms in total. The number of aromatic nitrogens is 1. The minimum Gasteiger partial charge on any atom is -0.363 e. The van der Waals surface area contributed by atoms with Gasteiger partial charge >= 0.3 is 0 Å². The molecule has 0 saturated heterocycles. The van der Waals surface area contributed by atoms with E-state index >= 15 is 0 Å². The van der Waals surface area contributed by atoms with Crippen molar-refractivity contribution in [3.8, 4) is 0 Å². The molecule has 0 unspecified atom stereocenters. The maximum atomic E-state index is 13.0. The normalized spacial score (nSPS) is 19.5. The summed E-state index contributed by atoms with van der Waals surface area (Å²) in [6.45, 7) is 0.820. The summed E-state index contributed by atoms with van der Waals surface area (Å²) < 4.78 is 4.74. The summed E-state index contributed by atoms with van der Waals surface area (Å²) in [4.78, 5) is 27.2. The molecule has 2 saturated carbocycles. The summed E-state index contributed by atoms with van der Waals surface area (Å²) in [6.07, 6.45) is 12.9. The number of nitrogens with zero attached hydrogens (tertiary/aromatic N) is 2. The van der Waals surface area contributed by atoms with Gasteiger partial charge in [0.1, 0.15) is 6.26 Å². The fourth-order valence-electron chi connectivity index (χ4n) is 4.15. The molecule has 1 N–H and O–H groups in total. The molecule has 1 aromatic rings. The number of rotatable bonds is 6. The van der Waals surface area contributed by atoms with Crippen LogP contribution in [0.5, 0.6) is 0 Å². The number of carbonyl (C=O) groups excluding carboxylic acids is 2. The van der Waals surface area contributed by atoms with Crippen molar-refractivity contribution in [2.75, 3.05) is 18.4 Å². The summed E-state index contributed by atoms with van der Waals surface area (Å²) in [5, 5.41) is 6.41. The van der Waals surface area contributed by atoms with Gasteiger partial charge in [-0.3, -0.25) is 9.59 Å². The van der Waals surface area contributed by atoms with Crippen LogP contribution in [-0.4, -0.2) is 35.0 Å². The average molecular weight is 347 g/mol. The number of hydrogen-bond acceptors (Lipinski definition) is 4. The Hall–Kier alpha value is -1.85. The Labute approximate surface area is 149 Å². The van der Waals surface area contributed by atoms with Crippen molar-refractivity contribution in [2.24, 2.45) is 11.8 Å². The first-order chi connectivity index (χ1) is 12.2. The monoisotopic (exact) mass is 347 g/mol. The Balaban J connectivity index is 1.61. The number of carbonyl (C=O) groups is 2. The molecule has 138 valence electrons. The van der Waals surface area contributed by atoms with Crippen molar-refractivity contribution in [3.05, 3.63) is 12.3 Å². The third-order valence-corrected chi connectivity index (χ3v) is 5.51. The third-order valence-electron chi connectivity index (χ3n) is 5.51. The van der Waals surface area contributed by atoms with Crippen LogP contribution in [-0.2, 0) is 9.59 Å². The lowest BCUT2D eigenvalue weighted by Gasteiger charge is -2.33. The predicted octanol–water partition coefficient (Wildman–Crippen LogP) is 3.60. The van der Waals surface area contributed by atoms with Crippen LogP contribution >= 0.6 is 0 Å². The van der Waals surface area contributed by atoms with Gasteiger partial charge in [0, 0.05) is 18.5 Å². The van der Waals surface area contributed by atoms with E-state index in [1.807, 2.05) is 0 Å². The van der Waals surface area contributed by atoms with E-state index in [4.69, 9.17) is 4.52 Å². The highest BCUT2D eigenvalue weighted by Gasteiger charge is 2.29. The highest BCUT2D eigenvalue weighted by Crippen LogP contribution is 2.28. The molecule has 2 fully saturated rings. The molecule has 2 amide bonds. The van der Waals surface area contributed by atoms with E-state index in [0.29, 0.717) is 18.3 Å². The second-order valence-corrected chi connectivity index (χ2v) is 7.49. The fraction of sp³-hybridized carbons (Fsp3) is 0.737. The number of nitrogens with one attached hydrogen (secondary N) is 1. The second-order valence-electron chi connectivity index (χ2n) is 7.49. The summed E-state index contributed by atoms with van der Waals surface area (Å²) in [7, 11) is 0. The van der Waals surface area contributed by atoms with Gasteiger partial charge in [-0.2, -0.15) is 0 Å². The van der Waals surface area contributed by atoms with Crippen LogP contribution in [0.15, 0.2) is 16.9 Å². The molecule has 0 spiro atoms. The lowest BCUT2D eigenvalue weighted by atomic mass is 9.86. The molecule has 3 rings (SSSR count). The van der Waals surface area contributed by atoms with E-state index in [0.717, 1.165) is 25.7 Å². The van der Waals surface area contributed by atoms with Crippen molar-refractivity contribution in [1.82, 2.24) is 10.1 Å². The number of amides is 2. The predicted molar refractivity (Wildman–Crippen MR) is 94.9 cm³/mol. The van der Waals surface area contributed by atoms with Gasteiger partial charge < -0.3 is 14.7 Å². The summed E-state index contributed by atoms with van der Waals surface area (Å²) in [5.74, 6) is 0.987. The van der Waals surface area contributed by atoms with Crippen LogP contribution in [0.25, 0.3) is 0 Å². The minimum absolute atomic E-state index is 0.0946. The standard InChI is InChI=1S/C19H29N3O3/c23-18(20-17-11-12-25-21-17)14-22(13-15-7-3-1-4-8-15)19(24)16-9-5-2-6-10-16/h11-12,15-16H,1-10,13-14H2,(H,20,21,23). The highest BCUT2D eigenvalue weighted by molar-refractivity contribution is 5.94. The molecule has 25 heavy (non-hydrogen) atoms. The molecule has 0 atom stereocenters. The SMILES string of the molecule is O=C(CN(CC1CCCCC1)C(=O)C1CCCCC1)Nc1ccon1. The Morgan fingerprint density at radius 3 is 2.40 bits per heavy atom. The Bertz CT molecular complexity index is 546. The van der Waals surface area contributed by atoms with Gasteiger partial charge in [0.15, 0.2) is 5.82 Å². The first kappa shape index (κ1) is 18.0. The Morgan fingerprint density at radius 2 is 1.76 bits per heavy atom. The molecule has 1 heterocycles. The molecule has 0 bridgehead atoms. The molecule has 2 aliphatic carbocycles. The molecule has 0 radical (unpaired) electrons. The molecule has 0 aromatic carbocycles. The van der Waals surface area contributed by atoms with Gasteiger partial charge in [-0.25, -0.2) is 0 Å². The van der Waals surface area contributed by atoms with Crippen LogP contribution in [0.4, 0.5) is 5.82 Å². The van der Waals surface area contributed by atoms with E-state index in [1.54, 1.807) is 11.0 Å². The van der Waals surface area contributed by atoms with Gasteiger partial charge in [0.05, 0.1) is 6.54 Å². The van der Waals surface area contributed by atoms with E-state index in [2.05, 4.69) is 10.5 Å². The van der Waals surface area contributed by atoms with Crippen LogP contribution in [0.1, 0.15) is 64.2 Å². The maximum Gasteiger partial charge on any atom is 0.245 e. The Morgan fingerprint density at radius 1 is 1.08 bits per heavy atom. The molecule has 6 heteroatoms. The van der Waals surface area contributed by atoms with E-state index in [1.165, 1.54) is 44.8 Å². The van der Waals surface area contributed by atoms with Crippen molar-refractivity contribution in [1.29, 1.82) is 0 Å². The summed E-state index contributed by atoms with van der Waals surface area (Å²) in [6, 6.07) is 1.60. The van der Waals surface area contributed by atoms with Crippen molar-refractivity contribution in [3.63, 3.8) is 0 Å². The van der Waals surface area contributed by atoms with Gasteiger partial charge in [0.2, 0.25) is 11.8 Å². The zero-order valence-corrected chi connectivity index (χ0v) is 14.9. The molecular weight excluding hydrogens is 318 g/mol. The van der Waals surface area contributed by atoms with Gasteiger partial charge in [-0.15, -0.1) is 0 Å². The van der Waals surface area contributed by atoms with Crippen molar-refractivity contribution < 1.29 is 14.1 Å². The molecule has 1 aromatic heterocycles. The zero-order valence-electron chi connectivity index (χ0n) is 14.9. The smallest absolute Gasteiger partial charge is 0.245 e. The van der Waals surface area contributed by atoms with Crippen LogP contribution in [0.3, 0.4) is 0 Å². The van der Waals surface area contributed by atoms with Crippen LogP contribution in [0, 0.1) is 11.8 Å². The van der Waals surface area contributed by atoms with Gasteiger partial charge in [-0.1, -0.05) is 43.7 Å². The molecular formula is C19H29N3O3. The maximum absolute atomic E-state index is 13.0. The first-order valence-electron chi connectivity index (χ1n) is 9.71. The zero-order chi connectivity index (χ0) is 17.5. The van der Waals surface area contributed by atoms with E-state index < -0.39 is 0 Å². The van der Waals surface area contributed by atoms with Crippen LogP contribution < -0.4 is 5.32 Å². The third kappa shape index (κ3) is 5.31. The van der Waals surface area contributed by atoms with Crippen LogP contribution in [0.2, 0.25) is 0 Å². The summed E-state index contributed by atoms with van der Waals surface area (Å²) >= 11 is 0. The number of anilines is 1. The first-order valence-corrected chi connectivity index (χ1v) is 9.71. The van der Waals surface area contributed by atoms with Crippen molar-refractivity contribution >= 4 is 17.6 Å². The van der Waals surface area contributed by atoms with Gasteiger partial charge in [0.25, 0.3) is 0 Å². The fourth-order valence-corrected chi connectivity index (χ4v) is 4.15. The quantitative estimate of drug-likeness (QED) is 0.853. The Kier molecular flexibility index (Phi) is 6.48. The second kappa shape index (κ2) is 9.02. The lowest BCUT2D eigenvalue weighted by molar-refractivity contribution is -0.140. The summed E-state index contributed by atoms with van der Waals surface area (Å²) in [5.41, 5.74) is 0. The highest BCUT2D eigenvalue weighted by atomic mass is 16.5. The van der Waals surface area contributed by atoms with Crippen molar-refractivity contribution in [2.45, 2.75) is 64.2 Å². The molecule has 2 aliphatic rings.